The van der Waals surface area contributed by atoms with Crippen molar-refractivity contribution in [3.8, 4) is 0 Å². The van der Waals surface area contributed by atoms with Crippen LogP contribution in [0.4, 0.5) is 4.79 Å². The summed E-state index contributed by atoms with van der Waals surface area (Å²) in [6.07, 6.45) is 2.30. The first-order chi connectivity index (χ1) is 8.89. The number of carboxylic acid groups (broad SMARTS) is 1. The maximum Gasteiger partial charge on any atom is 0.355 e. The minimum atomic E-state index is -1.05. The van der Waals surface area contributed by atoms with Gasteiger partial charge in [0.2, 0.25) is 0 Å². The van der Waals surface area contributed by atoms with Gasteiger partial charge in [-0.1, -0.05) is 6.92 Å². The molecule has 7 heteroatoms. The Morgan fingerprint density at radius 2 is 2.26 bits per heavy atom. The number of carbonyl (C=O) groups is 2. The van der Waals surface area contributed by atoms with E-state index in [0.29, 0.717) is 11.6 Å². The lowest BCUT2D eigenvalue weighted by Crippen LogP contribution is -2.39. The number of amides is 2. The molecule has 0 bridgehead atoms. The van der Waals surface area contributed by atoms with Gasteiger partial charge >= 0.3 is 12.0 Å². The molecule has 1 aromatic rings. The summed E-state index contributed by atoms with van der Waals surface area (Å²) >= 11 is 1.23. The maximum absolute atomic E-state index is 11.7. The van der Waals surface area contributed by atoms with Crippen LogP contribution in [0.1, 0.15) is 48.2 Å². The molecular weight excluding hydrogens is 266 g/mol. The van der Waals surface area contributed by atoms with Gasteiger partial charge in [-0.25, -0.2) is 14.6 Å². The minimum absolute atomic E-state index is 0.0135. The van der Waals surface area contributed by atoms with Crippen LogP contribution in [-0.4, -0.2) is 28.6 Å². The van der Waals surface area contributed by atoms with E-state index in [1.807, 2.05) is 0 Å². The first kappa shape index (κ1) is 13.8. The third kappa shape index (κ3) is 3.66. The Bertz CT molecular complexity index is 496. The quantitative estimate of drug-likeness (QED) is 0.770. The normalized spacial score (nSPS) is 17.6. The molecule has 19 heavy (non-hydrogen) atoms. The highest BCUT2D eigenvalue weighted by atomic mass is 32.1. The van der Waals surface area contributed by atoms with Crippen molar-refractivity contribution in [3.05, 3.63) is 16.1 Å². The van der Waals surface area contributed by atoms with Crippen molar-refractivity contribution in [1.82, 2.24) is 15.6 Å². The monoisotopic (exact) mass is 283 g/mol. The van der Waals surface area contributed by atoms with Gasteiger partial charge in [0, 0.05) is 11.9 Å². The molecule has 1 heterocycles. The van der Waals surface area contributed by atoms with Crippen molar-refractivity contribution < 1.29 is 14.7 Å². The van der Waals surface area contributed by atoms with E-state index in [9.17, 15) is 9.59 Å². The number of nitrogens with one attached hydrogen (secondary N) is 2. The number of nitrogens with zero attached hydrogens (tertiary/aromatic N) is 1. The Balaban J connectivity index is 1.83. The molecule has 104 valence electrons. The molecule has 0 radical (unpaired) electrons. The lowest BCUT2D eigenvalue weighted by atomic mass is 10.1. The van der Waals surface area contributed by atoms with Crippen LogP contribution in [0.25, 0.3) is 0 Å². The average molecular weight is 283 g/mol. The fraction of sp³-hybridized carbons (Fsp3) is 0.583. The van der Waals surface area contributed by atoms with Crippen LogP contribution in [-0.2, 0) is 0 Å². The summed E-state index contributed by atoms with van der Waals surface area (Å²) in [5.41, 5.74) is 0.276. The smallest absolute Gasteiger partial charge is 0.355 e. The second-order valence-corrected chi connectivity index (χ2v) is 6.13. The number of aromatic carboxylic acids is 1. The van der Waals surface area contributed by atoms with E-state index in [-0.39, 0.29) is 23.2 Å². The molecule has 1 unspecified atom stereocenters. The predicted octanol–water partition coefficient (Wildman–Crippen LogP) is 2.00. The van der Waals surface area contributed by atoms with Gasteiger partial charge in [0.05, 0.1) is 6.04 Å². The first-order valence-electron chi connectivity index (χ1n) is 6.13. The first-order valence-corrected chi connectivity index (χ1v) is 7.01. The number of carbonyl (C=O) groups excluding carboxylic acids is 1. The van der Waals surface area contributed by atoms with E-state index in [1.54, 1.807) is 6.92 Å². The number of carboxylic acids is 1. The van der Waals surface area contributed by atoms with Crippen molar-refractivity contribution in [2.45, 2.75) is 32.7 Å². The van der Waals surface area contributed by atoms with Gasteiger partial charge in [0.25, 0.3) is 0 Å². The van der Waals surface area contributed by atoms with E-state index in [4.69, 9.17) is 5.11 Å². The number of hydrogen-bond donors (Lipinski definition) is 3. The highest BCUT2D eigenvalue weighted by Gasteiger charge is 2.37. The van der Waals surface area contributed by atoms with Crippen molar-refractivity contribution in [2.24, 2.45) is 5.41 Å². The molecule has 2 rings (SSSR count). The molecule has 0 aromatic carbocycles. The Kier molecular flexibility index (Phi) is 3.75. The number of thiazole rings is 1. The van der Waals surface area contributed by atoms with Gasteiger partial charge in [-0.05, 0) is 25.2 Å². The average Bonchev–Trinajstić information content (AvgIpc) is 2.90. The standard InChI is InChI=1S/C12H17N3O3S/c1-7(9-15-8(5-19-9)10(16)17)14-11(18)13-6-12(2)3-4-12/h5,7H,3-4,6H2,1-2H3,(H,16,17)(H2,13,14,18). The lowest BCUT2D eigenvalue weighted by molar-refractivity contribution is 0.0691. The molecule has 1 aliphatic rings. The summed E-state index contributed by atoms with van der Waals surface area (Å²) in [6.45, 7) is 4.59. The largest absolute Gasteiger partial charge is 0.476 e. The summed E-state index contributed by atoms with van der Waals surface area (Å²) in [5.74, 6) is -1.05. The highest BCUT2D eigenvalue weighted by molar-refractivity contribution is 7.09. The zero-order valence-corrected chi connectivity index (χ0v) is 11.7. The molecule has 0 spiro atoms. The second-order valence-electron chi connectivity index (χ2n) is 5.24. The molecule has 6 nitrogen and oxygen atoms in total. The fourth-order valence-corrected chi connectivity index (χ4v) is 2.38. The fourth-order valence-electron chi connectivity index (χ4n) is 1.58. The van der Waals surface area contributed by atoms with Crippen molar-refractivity contribution in [1.29, 1.82) is 0 Å². The van der Waals surface area contributed by atoms with E-state index in [2.05, 4.69) is 22.5 Å². The maximum atomic E-state index is 11.7. The van der Waals surface area contributed by atoms with Gasteiger partial charge in [-0.2, -0.15) is 0 Å². The second kappa shape index (κ2) is 5.16. The van der Waals surface area contributed by atoms with E-state index >= 15 is 0 Å². The van der Waals surface area contributed by atoms with Gasteiger partial charge in [0.1, 0.15) is 5.01 Å². The Morgan fingerprint density at radius 1 is 1.58 bits per heavy atom. The zero-order valence-electron chi connectivity index (χ0n) is 10.9. The van der Waals surface area contributed by atoms with Crippen LogP contribution in [0.2, 0.25) is 0 Å². The third-order valence-corrected chi connectivity index (χ3v) is 4.27. The Labute approximate surface area is 115 Å². The molecular formula is C12H17N3O3S. The van der Waals surface area contributed by atoms with Gasteiger partial charge < -0.3 is 15.7 Å². The number of aromatic nitrogens is 1. The molecule has 0 aliphatic heterocycles. The SMILES string of the molecule is CC(NC(=O)NCC1(C)CC1)c1nc(C(=O)O)cs1. The summed E-state index contributed by atoms with van der Waals surface area (Å²) in [4.78, 5) is 26.4. The third-order valence-electron chi connectivity index (χ3n) is 3.24. The van der Waals surface area contributed by atoms with Crippen LogP contribution >= 0.6 is 11.3 Å². The molecule has 1 aliphatic carbocycles. The zero-order chi connectivity index (χ0) is 14.0. The van der Waals surface area contributed by atoms with Crippen molar-refractivity contribution in [3.63, 3.8) is 0 Å². The molecule has 2 amide bonds. The lowest BCUT2D eigenvalue weighted by Gasteiger charge is -2.14. The summed E-state index contributed by atoms with van der Waals surface area (Å²) < 4.78 is 0. The van der Waals surface area contributed by atoms with Crippen molar-refractivity contribution >= 4 is 23.3 Å². The van der Waals surface area contributed by atoms with Crippen LogP contribution < -0.4 is 10.6 Å². The summed E-state index contributed by atoms with van der Waals surface area (Å²) in [5, 5.41) is 16.4. The molecule has 0 saturated heterocycles. The molecule has 1 saturated carbocycles. The Morgan fingerprint density at radius 3 is 2.79 bits per heavy atom. The number of hydrogen-bond acceptors (Lipinski definition) is 4. The van der Waals surface area contributed by atoms with Crippen LogP contribution in [0, 0.1) is 5.41 Å². The molecule has 1 atom stereocenters. The van der Waals surface area contributed by atoms with Gasteiger partial charge in [0.15, 0.2) is 5.69 Å². The summed E-state index contributed by atoms with van der Waals surface area (Å²) in [6, 6.07) is -0.544. The molecule has 3 N–H and O–H groups in total. The summed E-state index contributed by atoms with van der Waals surface area (Å²) in [7, 11) is 0. The van der Waals surface area contributed by atoms with Gasteiger partial charge in [-0.3, -0.25) is 0 Å². The number of rotatable bonds is 5. The Hall–Kier alpha value is -1.63. The highest BCUT2D eigenvalue weighted by Crippen LogP contribution is 2.43. The van der Waals surface area contributed by atoms with Gasteiger partial charge in [-0.15, -0.1) is 11.3 Å². The van der Waals surface area contributed by atoms with Crippen LogP contribution in [0.3, 0.4) is 0 Å². The van der Waals surface area contributed by atoms with E-state index in [1.165, 1.54) is 16.7 Å². The van der Waals surface area contributed by atoms with Crippen LogP contribution in [0.5, 0.6) is 0 Å². The molecule has 1 fully saturated rings. The molecule has 1 aromatic heterocycles. The van der Waals surface area contributed by atoms with Crippen LogP contribution in [0.15, 0.2) is 5.38 Å². The van der Waals surface area contributed by atoms with Crippen molar-refractivity contribution in [2.75, 3.05) is 6.54 Å². The minimum Gasteiger partial charge on any atom is -0.476 e. The number of urea groups is 1. The van der Waals surface area contributed by atoms with E-state index in [0.717, 1.165) is 12.8 Å². The van der Waals surface area contributed by atoms with E-state index < -0.39 is 5.97 Å². The predicted molar refractivity (Wildman–Crippen MR) is 71.4 cm³/mol. The topological polar surface area (TPSA) is 91.3 Å².